The second-order valence-corrected chi connectivity index (χ2v) is 15.2. The minimum atomic E-state index is -3.00. The number of aromatic nitrogens is 3. The van der Waals surface area contributed by atoms with Gasteiger partial charge in [0.1, 0.15) is 45.0 Å². The Kier molecular flexibility index (Phi) is 8.31. The Morgan fingerprint density at radius 2 is 1.83 bits per heavy atom. The zero-order valence-electron chi connectivity index (χ0n) is 25.4. The molecule has 0 saturated carbocycles. The molecule has 2 aliphatic rings. The van der Waals surface area contributed by atoms with Gasteiger partial charge in [-0.05, 0) is 60.1 Å². The van der Waals surface area contributed by atoms with Crippen molar-refractivity contribution in [2.75, 3.05) is 46.8 Å². The third-order valence-corrected chi connectivity index (χ3v) is 9.14. The predicted octanol–water partition coefficient (Wildman–Crippen LogP) is 1.26. The molecule has 0 unspecified atom stereocenters. The van der Waals surface area contributed by atoms with E-state index in [4.69, 9.17) is 14.7 Å². The van der Waals surface area contributed by atoms with Crippen LogP contribution in [0.5, 0.6) is 0 Å². The summed E-state index contributed by atoms with van der Waals surface area (Å²) in [7, 11) is 3.31. The van der Waals surface area contributed by atoms with Crippen LogP contribution in [0.15, 0.2) is 36.7 Å². The molecule has 4 heterocycles. The van der Waals surface area contributed by atoms with Crippen molar-refractivity contribution < 1.29 is 13.2 Å². The standard InChI is InChI=1S/C28H41B3N6O3S/c1-17(2)21-5-6-24(37-15-19(18(37)3)16-41(4,38)39)23-14-33-26(13-22(21)23)34-25-7-10-32-27(35-25)36-11-8-20(9-12-36)40-28(29,30)31/h5-7,10,13-14,17-20H,8-9,11-12,15-16,29-31H2,1-4H3,(H,32,33,34,35)/t18-,19-/m1/s1. The number of sulfone groups is 1. The first kappa shape index (κ1) is 29.7. The highest BCUT2D eigenvalue weighted by molar-refractivity contribution is 7.90. The fourth-order valence-corrected chi connectivity index (χ4v) is 7.19. The third-order valence-electron chi connectivity index (χ3n) is 8.11. The van der Waals surface area contributed by atoms with Crippen LogP contribution in [-0.2, 0) is 14.6 Å². The SMILES string of the molecule is BC(B)(B)OC1CCN(c2nccc(Nc3cc4c(C(C)C)ccc(N5C[C@H](CS(C)(=O)=O)[C@H]5C)c4cn3)n2)CC1. The molecule has 2 atom stereocenters. The summed E-state index contributed by atoms with van der Waals surface area (Å²) >= 11 is 0. The molecule has 2 aliphatic heterocycles. The molecule has 13 heteroatoms. The van der Waals surface area contributed by atoms with Crippen LogP contribution in [-0.4, -0.2) is 96.0 Å². The second-order valence-electron chi connectivity index (χ2n) is 13.0. The molecule has 41 heavy (non-hydrogen) atoms. The largest absolute Gasteiger partial charge is 0.397 e. The van der Waals surface area contributed by atoms with Gasteiger partial charge in [0.05, 0.1) is 11.9 Å². The topological polar surface area (TPSA) is 101 Å². The van der Waals surface area contributed by atoms with Crippen molar-refractivity contribution in [2.24, 2.45) is 5.92 Å². The van der Waals surface area contributed by atoms with Crippen molar-refractivity contribution in [3.05, 3.63) is 42.2 Å². The summed E-state index contributed by atoms with van der Waals surface area (Å²) in [5.74, 6) is 2.85. The lowest BCUT2D eigenvalue weighted by atomic mass is 9.52. The lowest BCUT2D eigenvalue weighted by molar-refractivity contribution is 0.0305. The van der Waals surface area contributed by atoms with Gasteiger partial charge >= 0.3 is 0 Å². The maximum Gasteiger partial charge on any atom is 0.227 e. The number of nitrogens with zero attached hydrogens (tertiary/aromatic N) is 5. The molecule has 0 amide bonds. The van der Waals surface area contributed by atoms with Crippen LogP contribution in [0.4, 0.5) is 23.3 Å². The van der Waals surface area contributed by atoms with E-state index in [1.807, 2.05) is 12.3 Å². The van der Waals surface area contributed by atoms with Gasteiger partial charge < -0.3 is 19.9 Å². The molecular formula is C28H41B3N6O3S. The van der Waals surface area contributed by atoms with Crippen LogP contribution in [0.2, 0.25) is 0 Å². The molecule has 1 aromatic carbocycles. The first-order valence-corrected chi connectivity index (χ1v) is 16.7. The molecule has 2 aromatic heterocycles. The number of ether oxygens (including phenoxy) is 1. The van der Waals surface area contributed by atoms with E-state index in [0.717, 1.165) is 54.8 Å². The summed E-state index contributed by atoms with van der Waals surface area (Å²) in [5.41, 5.74) is 2.35. The Morgan fingerprint density at radius 3 is 2.46 bits per heavy atom. The Labute approximate surface area is 247 Å². The number of hydrogen-bond acceptors (Lipinski definition) is 9. The first-order chi connectivity index (χ1) is 19.3. The molecule has 0 bridgehead atoms. The molecule has 9 nitrogen and oxygen atoms in total. The normalized spacial score (nSPS) is 20.4. The molecule has 2 fully saturated rings. The monoisotopic (exact) mass is 574 g/mol. The number of hydrogen-bond donors (Lipinski definition) is 1. The lowest BCUT2D eigenvalue weighted by Gasteiger charge is -2.48. The number of fused-ring (bicyclic) bond motifs is 1. The van der Waals surface area contributed by atoms with Gasteiger partial charge in [-0.15, -0.1) is 0 Å². The highest BCUT2D eigenvalue weighted by Gasteiger charge is 2.38. The summed E-state index contributed by atoms with van der Waals surface area (Å²) < 4.78 is 29.9. The second kappa shape index (κ2) is 11.5. The van der Waals surface area contributed by atoms with E-state index in [0.29, 0.717) is 17.7 Å². The molecular weight excluding hydrogens is 533 g/mol. The highest BCUT2D eigenvalue weighted by atomic mass is 32.2. The first-order valence-electron chi connectivity index (χ1n) is 14.7. The van der Waals surface area contributed by atoms with E-state index in [9.17, 15) is 8.42 Å². The highest BCUT2D eigenvalue weighted by Crippen LogP contribution is 2.39. The molecule has 3 aromatic rings. The van der Waals surface area contributed by atoms with E-state index in [2.05, 4.69) is 82.6 Å². The molecule has 0 spiro atoms. The van der Waals surface area contributed by atoms with Gasteiger partial charge in [0.2, 0.25) is 5.95 Å². The van der Waals surface area contributed by atoms with Gasteiger partial charge in [0.25, 0.3) is 0 Å². The average molecular weight is 574 g/mol. The van der Waals surface area contributed by atoms with Gasteiger partial charge in [-0.1, -0.05) is 19.9 Å². The number of pyridine rings is 1. The molecule has 1 N–H and O–H groups in total. The van der Waals surface area contributed by atoms with Crippen molar-refractivity contribution in [1.29, 1.82) is 0 Å². The van der Waals surface area contributed by atoms with Gasteiger partial charge in [-0.3, -0.25) is 0 Å². The molecule has 2 saturated heterocycles. The number of rotatable bonds is 9. The number of benzene rings is 1. The Balaban J connectivity index is 1.34. The summed E-state index contributed by atoms with van der Waals surface area (Å²) in [6.45, 7) is 8.95. The van der Waals surface area contributed by atoms with Crippen molar-refractivity contribution >= 4 is 67.4 Å². The Hall–Kier alpha value is -2.79. The average Bonchev–Trinajstić information content (AvgIpc) is 2.89. The maximum atomic E-state index is 11.9. The van der Waals surface area contributed by atoms with E-state index in [-0.39, 0.29) is 29.1 Å². The quantitative estimate of drug-likeness (QED) is 0.379. The van der Waals surface area contributed by atoms with Gasteiger partial charge in [0.15, 0.2) is 0 Å². The summed E-state index contributed by atoms with van der Waals surface area (Å²) in [6.07, 6.45) is 7.21. The van der Waals surface area contributed by atoms with Crippen LogP contribution in [0.3, 0.4) is 0 Å². The number of piperidine rings is 1. The third kappa shape index (κ3) is 7.00. The van der Waals surface area contributed by atoms with Crippen molar-refractivity contribution in [2.45, 2.75) is 57.0 Å². The molecule has 5 rings (SSSR count). The van der Waals surface area contributed by atoms with Crippen molar-refractivity contribution in [3.8, 4) is 0 Å². The van der Waals surface area contributed by atoms with Crippen LogP contribution in [0.25, 0.3) is 10.8 Å². The molecule has 0 aliphatic carbocycles. The summed E-state index contributed by atoms with van der Waals surface area (Å²) in [5, 5.41) is 5.49. The van der Waals surface area contributed by atoms with Gasteiger partial charge in [-0.25, -0.2) is 18.4 Å². The minimum absolute atomic E-state index is 0.135. The van der Waals surface area contributed by atoms with E-state index < -0.39 is 9.84 Å². The Bertz CT molecular complexity index is 1510. The van der Waals surface area contributed by atoms with Gasteiger partial charge in [0, 0.05) is 61.3 Å². The van der Waals surface area contributed by atoms with Crippen molar-refractivity contribution in [3.63, 3.8) is 0 Å². The number of nitrogens with one attached hydrogen (secondary N) is 1. The van der Waals surface area contributed by atoms with Crippen LogP contribution < -0.4 is 15.1 Å². The smallest absolute Gasteiger partial charge is 0.227 e. The zero-order valence-corrected chi connectivity index (χ0v) is 26.2. The summed E-state index contributed by atoms with van der Waals surface area (Å²) in [4.78, 5) is 18.6. The van der Waals surface area contributed by atoms with E-state index >= 15 is 0 Å². The summed E-state index contributed by atoms with van der Waals surface area (Å²) in [6, 6.07) is 8.47. The van der Waals surface area contributed by atoms with Crippen LogP contribution >= 0.6 is 0 Å². The fourth-order valence-electron chi connectivity index (χ4n) is 6.03. The van der Waals surface area contributed by atoms with E-state index in [1.54, 1.807) is 6.20 Å². The fraction of sp³-hybridized carbons (Fsp3) is 0.536. The van der Waals surface area contributed by atoms with Crippen LogP contribution in [0.1, 0.15) is 45.1 Å². The maximum absolute atomic E-state index is 11.9. The number of anilines is 4. The van der Waals surface area contributed by atoms with E-state index in [1.165, 1.54) is 11.8 Å². The van der Waals surface area contributed by atoms with Crippen LogP contribution in [0, 0.1) is 5.92 Å². The van der Waals surface area contributed by atoms with Crippen molar-refractivity contribution in [1.82, 2.24) is 15.0 Å². The lowest BCUT2D eigenvalue weighted by Crippen LogP contribution is -2.57. The molecule has 0 radical (unpaired) electrons. The minimum Gasteiger partial charge on any atom is -0.397 e. The predicted molar refractivity (Wildman–Crippen MR) is 176 cm³/mol. The Morgan fingerprint density at radius 1 is 1.10 bits per heavy atom. The zero-order chi connectivity index (χ0) is 29.5. The molecule has 216 valence electrons. The van der Waals surface area contributed by atoms with Gasteiger partial charge in [-0.2, -0.15) is 4.98 Å².